The molecule has 3 heterocycles. The predicted octanol–water partition coefficient (Wildman–Crippen LogP) is 0.602. The Bertz CT molecular complexity index is 705. The molecule has 0 aromatic carbocycles. The lowest BCUT2D eigenvalue weighted by atomic mass is 9.99. The van der Waals surface area contributed by atoms with E-state index in [1.54, 1.807) is 24.5 Å². The number of ether oxygens (including phenoxy) is 1. The van der Waals surface area contributed by atoms with Gasteiger partial charge in [0.2, 0.25) is 15.9 Å². The van der Waals surface area contributed by atoms with Crippen molar-refractivity contribution in [3.8, 4) is 0 Å². The average molecular weight is 337 g/mol. The Morgan fingerprint density at radius 3 is 2.87 bits per heavy atom. The average Bonchev–Trinajstić information content (AvgIpc) is 3.35. The van der Waals surface area contributed by atoms with Gasteiger partial charge in [-0.25, -0.2) is 8.42 Å². The van der Waals surface area contributed by atoms with Crippen LogP contribution in [0.3, 0.4) is 0 Å². The van der Waals surface area contributed by atoms with Crippen molar-refractivity contribution in [2.24, 2.45) is 5.92 Å². The van der Waals surface area contributed by atoms with Crippen LogP contribution >= 0.6 is 0 Å². The van der Waals surface area contributed by atoms with Gasteiger partial charge >= 0.3 is 0 Å². The summed E-state index contributed by atoms with van der Waals surface area (Å²) in [6.45, 7) is 0.645. The maximum atomic E-state index is 12.5. The first-order valence-electron chi connectivity index (χ1n) is 7.89. The van der Waals surface area contributed by atoms with Crippen LogP contribution in [-0.2, 0) is 19.6 Å². The number of anilines is 1. The lowest BCUT2D eigenvalue weighted by molar-refractivity contribution is -0.122. The molecule has 0 radical (unpaired) electrons. The van der Waals surface area contributed by atoms with E-state index in [0.29, 0.717) is 18.7 Å². The number of hydrogen-bond acceptors (Lipinski definition) is 5. The SMILES string of the molecule is O=C(Nc1cccnc1)[C@H]1C[C@H]2CN(S(=O)(=O)C3CC3)C[C@@H]1O2. The fraction of sp³-hybridized carbons (Fsp3) is 0.600. The summed E-state index contributed by atoms with van der Waals surface area (Å²) < 4.78 is 32.1. The van der Waals surface area contributed by atoms with Crippen molar-refractivity contribution >= 4 is 21.6 Å². The summed E-state index contributed by atoms with van der Waals surface area (Å²) in [5, 5.41) is 2.62. The van der Waals surface area contributed by atoms with Gasteiger partial charge in [-0.05, 0) is 31.4 Å². The van der Waals surface area contributed by atoms with Crippen LogP contribution in [0.25, 0.3) is 0 Å². The highest BCUT2D eigenvalue weighted by Gasteiger charge is 2.50. The Labute approximate surface area is 135 Å². The second-order valence-corrected chi connectivity index (χ2v) is 8.64. The molecular formula is C15H19N3O4S. The van der Waals surface area contributed by atoms with Gasteiger partial charge in [-0.2, -0.15) is 4.31 Å². The van der Waals surface area contributed by atoms with Gasteiger partial charge in [-0.1, -0.05) is 0 Å². The van der Waals surface area contributed by atoms with Gasteiger partial charge in [-0.15, -0.1) is 0 Å². The highest BCUT2D eigenvalue weighted by atomic mass is 32.2. The summed E-state index contributed by atoms with van der Waals surface area (Å²) in [6.07, 6.45) is 4.74. The zero-order chi connectivity index (χ0) is 16.0. The number of hydrogen-bond donors (Lipinski definition) is 1. The normalized spacial score (nSPS) is 31.0. The van der Waals surface area contributed by atoms with E-state index in [2.05, 4.69) is 10.3 Å². The minimum absolute atomic E-state index is 0.129. The van der Waals surface area contributed by atoms with Gasteiger partial charge in [0.25, 0.3) is 0 Å². The quantitative estimate of drug-likeness (QED) is 0.869. The molecule has 1 saturated carbocycles. The monoisotopic (exact) mass is 337 g/mol. The molecule has 3 atom stereocenters. The number of carbonyl (C=O) groups excluding carboxylic acids is 1. The molecule has 7 nitrogen and oxygen atoms in total. The lowest BCUT2D eigenvalue weighted by Gasteiger charge is -2.32. The van der Waals surface area contributed by atoms with Gasteiger partial charge in [-0.3, -0.25) is 9.78 Å². The number of sulfonamides is 1. The van der Waals surface area contributed by atoms with Crippen LogP contribution in [0.4, 0.5) is 5.69 Å². The maximum Gasteiger partial charge on any atom is 0.230 e. The van der Waals surface area contributed by atoms with Crippen molar-refractivity contribution in [2.75, 3.05) is 18.4 Å². The topological polar surface area (TPSA) is 88.6 Å². The van der Waals surface area contributed by atoms with Crippen LogP contribution in [0.15, 0.2) is 24.5 Å². The van der Waals surface area contributed by atoms with Crippen LogP contribution in [0, 0.1) is 5.92 Å². The first-order chi connectivity index (χ1) is 11.0. The van der Waals surface area contributed by atoms with Gasteiger partial charge < -0.3 is 10.1 Å². The molecule has 1 N–H and O–H groups in total. The zero-order valence-corrected chi connectivity index (χ0v) is 13.4. The Balaban J connectivity index is 1.45. The first-order valence-corrected chi connectivity index (χ1v) is 9.39. The highest BCUT2D eigenvalue weighted by Crippen LogP contribution is 2.37. The maximum absolute atomic E-state index is 12.5. The summed E-state index contributed by atoms with van der Waals surface area (Å²) in [7, 11) is -3.21. The number of nitrogens with one attached hydrogen (secondary N) is 1. The van der Waals surface area contributed by atoms with Crippen molar-refractivity contribution in [1.29, 1.82) is 0 Å². The number of aromatic nitrogens is 1. The van der Waals surface area contributed by atoms with Gasteiger partial charge in [0, 0.05) is 19.3 Å². The number of rotatable bonds is 4. The van der Waals surface area contributed by atoms with Crippen molar-refractivity contribution in [3.63, 3.8) is 0 Å². The highest BCUT2D eigenvalue weighted by molar-refractivity contribution is 7.90. The Morgan fingerprint density at radius 2 is 2.17 bits per heavy atom. The molecule has 8 heteroatoms. The summed E-state index contributed by atoms with van der Waals surface area (Å²) in [4.78, 5) is 16.4. The van der Waals surface area contributed by atoms with Crippen LogP contribution in [0.2, 0.25) is 0 Å². The smallest absolute Gasteiger partial charge is 0.230 e. The third-order valence-electron chi connectivity index (χ3n) is 4.70. The van der Waals surface area contributed by atoms with Crippen LogP contribution in [0.5, 0.6) is 0 Å². The predicted molar refractivity (Wildman–Crippen MR) is 83.1 cm³/mol. The number of fused-ring (bicyclic) bond motifs is 2. The standard InChI is InChI=1S/C15H19N3O4S/c19-15(17-10-2-1-5-16-7-10)13-6-11-8-18(9-14(13)22-11)23(20,21)12-3-4-12/h1-2,5,7,11-14H,3-4,6,8-9H2,(H,17,19)/t11-,13-,14-/m0/s1. The van der Waals surface area contributed by atoms with Gasteiger partial charge in [0.1, 0.15) is 0 Å². The van der Waals surface area contributed by atoms with Crippen LogP contribution in [0.1, 0.15) is 19.3 Å². The minimum atomic E-state index is -3.21. The van der Waals surface area contributed by atoms with Crippen molar-refractivity contribution < 1.29 is 17.9 Å². The van der Waals surface area contributed by atoms with E-state index in [1.807, 2.05) is 0 Å². The fourth-order valence-corrected chi connectivity index (χ4v) is 5.24. The molecule has 124 valence electrons. The molecular weight excluding hydrogens is 318 g/mol. The summed E-state index contributed by atoms with van der Waals surface area (Å²) in [6, 6.07) is 3.53. The Hall–Kier alpha value is -1.51. The van der Waals surface area contributed by atoms with Crippen LogP contribution < -0.4 is 5.32 Å². The molecule has 2 aliphatic heterocycles. The number of amides is 1. The fourth-order valence-electron chi connectivity index (χ4n) is 3.35. The summed E-state index contributed by atoms with van der Waals surface area (Å²) in [5.41, 5.74) is 0.640. The molecule has 1 amide bonds. The Morgan fingerprint density at radius 1 is 1.35 bits per heavy atom. The Kier molecular flexibility index (Phi) is 3.62. The van der Waals surface area contributed by atoms with Crippen molar-refractivity contribution in [2.45, 2.75) is 36.7 Å². The molecule has 1 aromatic rings. The zero-order valence-electron chi connectivity index (χ0n) is 12.6. The van der Waals surface area contributed by atoms with Gasteiger partial charge in [0.05, 0.1) is 35.3 Å². The van der Waals surface area contributed by atoms with E-state index in [1.165, 1.54) is 4.31 Å². The second-order valence-electron chi connectivity index (χ2n) is 6.43. The molecule has 2 bridgehead atoms. The number of morpholine rings is 1. The summed E-state index contributed by atoms with van der Waals surface area (Å²) >= 11 is 0. The largest absolute Gasteiger partial charge is 0.371 e. The van der Waals surface area contributed by atoms with Crippen molar-refractivity contribution in [3.05, 3.63) is 24.5 Å². The van der Waals surface area contributed by atoms with E-state index >= 15 is 0 Å². The third kappa shape index (κ3) is 2.86. The van der Waals surface area contributed by atoms with E-state index in [-0.39, 0.29) is 35.8 Å². The molecule has 1 aromatic heterocycles. The number of pyridine rings is 1. The second kappa shape index (κ2) is 5.54. The lowest BCUT2D eigenvalue weighted by Crippen LogP contribution is -2.48. The van der Waals surface area contributed by atoms with Crippen LogP contribution in [-0.4, -0.2) is 54.2 Å². The van der Waals surface area contributed by atoms with E-state index in [9.17, 15) is 13.2 Å². The van der Waals surface area contributed by atoms with Crippen molar-refractivity contribution in [1.82, 2.24) is 9.29 Å². The number of nitrogens with zero attached hydrogens (tertiary/aromatic N) is 2. The van der Waals surface area contributed by atoms with E-state index in [4.69, 9.17) is 4.74 Å². The first kappa shape index (κ1) is 15.0. The molecule has 3 aliphatic rings. The molecule has 4 rings (SSSR count). The molecule has 2 saturated heterocycles. The third-order valence-corrected chi connectivity index (χ3v) is 7.03. The minimum Gasteiger partial charge on any atom is -0.371 e. The van der Waals surface area contributed by atoms with Gasteiger partial charge in [0.15, 0.2) is 0 Å². The molecule has 0 unspecified atom stereocenters. The van der Waals surface area contributed by atoms with E-state index in [0.717, 1.165) is 12.8 Å². The molecule has 3 fully saturated rings. The molecule has 23 heavy (non-hydrogen) atoms. The van der Waals surface area contributed by atoms with E-state index < -0.39 is 10.0 Å². The molecule has 0 spiro atoms. The summed E-state index contributed by atoms with van der Waals surface area (Å²) in [5.74, 6) is -0.448. The number of carbonyl (C=O) groups is 1. The molecule has 1 aliphatic carbocycles.